The number of carbonyl (C=O) groups is 1. The van der Waals surface area contributed by atoms with Crippen molar-refractivity contribution >= 4 is 17.3 Å². The third-order valence-corrected chi connectivity index (χ3v) is 4.73. The fourth-order valence-corrected chi connectivity index (χ4v) is 3.26. The molecule has 21 heavy (non-hydrogen) atoms. The molecular weight excluding hydrogens is 262 g/mol. The lowest BCUT2D eigenvalue weighted by Crippen LogP contribution is -2.32. The van der Waals surface area contributed by atoms with Crippen LogP contribution in [0.25, 0.3) is 0 Å². The van der Waals surface area contributed by atoms with Crippen LogP contribution in [0.2, 0.25) is 0 Å². The Balaban J connectivity index is 1.79. The molecule has 1 heterocycles. The lowest BCUT2D eigenvalue weighted by atomic mass is 9.85. The lowest BCUT2D eigenvalue weighted by Gasteiger charge is -2.33. The van der Waals surface area contributed by atoms with E-state index in [2.05, 4.69) is 40.7 Å². The first-order valence-corrected chi connectivity index (χ1v) is 8.16. The third kappa shape index (κ3) is 2.77. The molecule has 1 atom stereocenters. The van der Waals surface area contributed by atoms with Gasteiger partial charge in [-0.3, -0.25) is 4.79 Å². The molecule has 1 aromatic carbocycles. The van der Waals surface area contributed by atoms with Gasteiger partial charge in [0.1, 0.15) is 6.04 Å². The Hall–Kier alpha value is -1.55. The summed E-state index contributed by atoms with van der Waals surface area (Å²) in [4.78, 5) is 14.4. The monoisotopic (exact) mass is 287 g/mol. The first-order chi connectivity index (χ1) is 10.2. The van der Waals surface area contributed by atoms with Crippen molar-refractivity contribution in [3.05, 3.63) is 23.8 Å². The number of nitrogens with zero attached hydrogens (tertiary/aromatic N) is 1. The number of anilines is 2. The summed E-state index contributed by atoms with van der Waals surface area (Å²) in [7, 11) is 0. The molecule has 1 amide bonds. The maximum Gasteiger partial charge on any atom is 0.246 e. The van der Waals surface area contributed by atoms with E-state index in [1.165, 1.54) is 24.9 Å². The number of benzene rings is 1. The van der Waals surface area contributed by atoms with Crippen molar-refractivity contribution < 1.29 is 4.79 Å². The molecule has 2 aliphatic rings. The van der Waals surface area contributed by atoms with E-state index in [-0.39, 0.29) is 11.9 Å². The molecule has 114 valence electrons. The lowest BCUT2D eigenvalue weighted by molar-refractivity contribution is -0.117. The molecule has 0 bridgehead atoms. The van der Waals surface area contributed by atoms with Crippen LogP contribution in [0.5, 0.6) is 0 Å². The normalized spacial score (nSPS) is 20.9. The highest BCUT2D eigenvalue weighted by Crippen LogP contribution is 2.35. The predicted octanol–water partition coefficient (Wildman–Crippen LogP) is 2.92. The summed E-state index contributed by atoms with van der Waals surface area (Å²) in [6.07, 6.45) is 4.11. The van der Waals surface area contributed by atoms with Crippen LogP contribution in [0.4, 0.5) is 11.4 Å². The highest BCUT2D eigenvalue weighted by Gasteiger charge is 2.30. The molecule has 0 aromatic heterocycles. The summed E-state index contributed by atoms with van der Waals surface area (Å²) in [5.41, 5.74) is 3.27. The minimum Gasteiger partial charge on any atom is -0.371 e. The SMILES string of the molecule is CCNC1C(=O)Nc2cc(N(CC)CC3CCC3)ccc21. The van der Waals surface area contributed by atoms with Gasteiger partial charge >= 0.3 is 0 Å². The van der Waals surface area contributed by atoms with Crippen LogP contribution in [-0.4, -0.2) is 25.5 Å². The standard InChI is InChI=1S/C17H25N3O/c1-3-18-16-14-9-8-13(10-15(14)19-17(16)21)20(4-2)11-12-6-5-7-12/h8-10,12,16,18H,3-7,11H2,1-2H3,(H,19,21). The molecule has 0 saturated heterocycles. The topological polar surface area (TPSA) is 44.4 Å². The number of hydrogen-bond donors (Lipinski definition) is 2. The van der Waals surface area contributed by atoms with Gasteiger partial charge in [-0.2, -0.15) is 0 Å². The Morgan fingerprint density at radius 3 is 2.76 bits per heavy atom. The fourth-order valence-electron chi connectivity index (χ4n) is 3.26. The third-order valence-electron chi connectivity index (χ3n) is 4.73. The summed E-state index contributed by atoms with van der Waals surface area (Å²) >= 11 is 0. The highest BCUT2D eigenvalue weighted by atomic mass is 16.2. The van der Waals surface area contributed by atoms with Gasteiger partial charge in [0, 0.05) is 30.0 Å². The van der Waals surface area contributed by atoms with E-state index in [0.717, 1.165) is 36.8 Å². The Kier molecular flexibility index (Phi) is 4.15. The zero-order valence-electron chi connectivity index (χ0n) is 13.0. The summed E-state index contributed by atoms with van der Waals surface area (Å²) < 4.78 is 0. The molecule has 0 spiro atoms. The van der Waals surface area contributed by atoms with Gasteiger partial charge in [0.05, 0.1) is 0 Å². The maximum atomic E-state index is 12.0. The molecule has 0 radical (unpaired) electrons. The average Bonchev–Trinajstić information content (AvgIpc) is 2.74. The molecule has 1 aromatic rings. The number of hydrogen-bond acceptors (Lipinski definition) is 3. The number of carbonyl (C=O) groups excluding carboxylic acids is 1. The largest absolute Gasteiger partial charge is 0.371 e. The van der Waals surface area contributed by atoms with Crippen LogP contribution in [0.1, 0.15) is 44.7 Å². The van der Waals surface area contributed by atoms with Crippen LogP contribution in [0.3, 0.4) is 0 Å². The van der Waals surface area contributed by atoms with Crippen molar-refractivity contribution in [2.45, 2.75) is 39.2 Å². The maximum absolute atomic E-state index is 12.0. The molecule has 1 aliphatic heterocycles. The van der Waals surface area contributed by atoms with Gasteiger partial charge in [0.15, 0.2) is 0 Å². The van der Waals surface area contributed by atoms with Crippen molar-refractivity contribution in [3.8, 4) is 0 Å². The zero-order valence-corrected chi connectivity index (χ0v) is 13.0. The first-order valence-electron chi connectivity index (χ1n) is 8.16. The molecule has 4 nitrogen and oxygen atoms in total. The number of likely N-dealkylation sites (N-methyl/N-ethyl adjacent to an activating group) is 1. The van der Waals surface area contributed by atoms with E-state index in [0.29, 0.717) is 0 Å². The van der Waals surface area contributed by atoms with E-state index in [1.54, 1.807) is 0 Å². The number of fused-ring (bicyclic) bond motifs is 1. The van der Waals surface area contributed by atoms with Crippen LogP contribution in [-0.2, 0) is 4.79 Å². The first kappa shape index (κ1) is 14.4. The molecule has 1 saturated carbocycles. The molecule has 4 heteroatoms. The van der Waals surface area contributed by atoms with E-state index in [1.807, 2.05) is 6.92 Å². The molecule has 1 fully saturated rings. The van der Waals surface area contributed by atoms with Gasteiger partial charge in [-0.1, -0.05) is 19.4 Å². The van der Waals surface area contributed by atoms with Crippen molar-refractivity contribution in [3.63, 3.8) is 0 Å². The quantitative estimate of drug-likeness (QED) is 0.845. The molecule has 3 rings (SSSR count). The molecule has 2 N–H and O–H groups in total. The van der Waals surface area contributed by atoms with Crippen molar-refractivity contribution in [1.29, 1.82) is 0 Å². The minimum absolute atomic E-state index is 0.0611. The number of amides is 1. The number of rotatable bonds is 6. The van der Waals surface area contributed by atoms with Gasteiger partial charge in [0.25, 0.3) is 0 Å². The van der Waals surface area contributed by atoms with Crippen LogP contribution < -0.4 is 15.5 Å². The van der Waals surface area contributed by atoms with Gasteiger partial charge in [-0.15, -0.1) is 0 Å². The van der Waals surface area contributed by atoms with Gasteiger partial charge in [0.2, 0.25) is 5.91 Å². The Labute approximate surface area is 126 Å². The van der Waals surface area contributed by atoms with E-state index < -0.39 is 0 Å². The van der Waals surface area contributed by atoms with Crippen molar-refractivity contribution in [1.82, 2.24) is 5.32 Å². The van der Waals surface area contributed by atoms with Crippen molar-refractivity contribution in [2.24, 2.45) is 5.92 Å². The minimum atomic E-state index is -0.194. The van der Waals surface area contributed by atoms with Gasteiger partial charge < -0.3 is 15.5 Å². The predicted molar refractivity (Wildman–Crippen MR) is 86.7 cm³/mol. The summed E-state index contributed by atoms with van der Waals surface area (Å²) in [5.74, 6) is 0.911. The van der Waals surface area contributed by atoms with Crippen LogP contribution in [0, 0.1) is 5.92 Å². The molecular formula is C17H25N3O. The van der Waals surface area contributed by atoms with Crippen LogP contribution in [0.15, 0.2) is 18.2 Å². The van der Waals surface area contributed by atoms with E-state index in [9.17, 15) is 4.79 Å². The summed E-state index contributed by atoms with van der Waals surface area (Å²) in [5, 5.41) is 6.24. The molecule has 1 aliphatic carbocycles. The molecule has 1 unspecified atom stereocenters. The van der Waals surface area contributed by atoms with Gasteiger partial charge in [-0.25, -0.2) is 0 Å². The Morgan fingerprint density at radius 1 is 1.33 bits per heavy atom. The summed E-state index contributed by atoms with van der Waals surface area (Å²) in [6.45, 7) is 7.17. The second-order valence-electron chi connectivity index (χ2n) is 6.09. The van der Waals surface area contributed by atoms with E-state index >= 15 is 0 Å². The highest BCUT2D eigenvalue weighted by molar-refractivity contribution is 6.03. The second-order valence-corrected chi connectivity index (χ2v) is 6.09. The zero-order chi connectivity index (χ0) is 14.8. The second kappa shape index (κ2) is 6.06. The average molecular weight is 287 g/mol. The smallest absolute Gasteiger partial charge is 0.246 e. The fraction of sp³-hybridized carbons (Fsp3) is 0.588. The van der Waals surface area contributed by atoms with E-state index in [4.69, 9.17) is 0 Å². The Bertz CT molecular complexity index is 525. The van der Waals surface area contributed by atoms with Gasteiger partial charge in [-0.05, 0) is 44.4 Å². The summed E-state index contributed by atoms with van der Waals surface area (Å²) in [6, 6.07) is 6.19. The van der Waals surface area contributed by atoms with Crippen molar-refractivity contribution in [2.75, 3.05) is 29.9 Å². The number of nitrogens with one attached hydrogen (secondary N) is 2. The van der Waals surface area contributed by atoms with Crippen LogP contribution >= 0.6 is 0 Å². The Morgan fingerprint density at radius 2 is 2.14 bits per heavy atom.